The maximum absolute atomic E-state index is 13.0. The van der Waals surface area contributed by atoms with E-state index in [4.69, 9.17) is 14.2 Å². The minimum atomic E-state index is -1.33. The number of ether oxygens (including phenoxy) is 3. The van der Waals surface area contributed by atoms with Gasteiger partial charge in [-0.05, 0) is 30.3 Å². The number of methoxy groups -OCH3 is 3. The van der Waals surface area contributed by atoms with Crippen molar-refractivity contribution >= 4 is 11.6 Å². The SMILES string of the molecule is COC1=C(OC)C(=O)C2(C1=O)C(OC)=C(C(C)C)CC[C@@H]2C. The molecule has 2 aliphatic rings. The van der Waals surface area contributed by atoms with Crippen LogP contribution in [0.4, 0.5) is 0 Å². The van der Waals surface area contributed by atoms with Crippen LogP contribution in [0, 0.1) is 17.3 Å². The first-order valence-corrected chi connectivity index (χ1v) is 7.57. The summed E-state index contributed by atoms with van der Waals surface area (Å²) in [4.78, 5) is 26.1. The standard InChI is InChI=1S/C17H24O5/c1-9(2)11-8-7-10(3)17(16(11)22-6)14(18)12(20-4)13(21-5)15(17)19/h9-10H,7-8H2,1-6H3/t10-/m0/s1. The first-order valence-electron chi connectivity index (χ1n) is 7.57. The van der Waals surface area contributed by atoms with E-state index in [0.717, 1.165) is 18.4 Å². The molecule has 0 bridgehead atoms. The zero-order chi connectivity index (χ0) is 16.7. The van der Waals surface area contributed by atoms with Crippen molar-refractivity contribution in [3.05, 3.63) is 22.9 Å². The van der Waals surface area contributed by atoms with Gasteiger partial charge >= 0.3 is 0 Å². The Morgan fingerprint density at radius 3 is 1.86 bits per heavy atom. The van der Waals surface area contributed by atoms with Crippen LogP contribution in [-0.2, 0) is 23.8 Å². The van der Waals surface area contributed by atoms with Crippen LogP contribution < -0.4 is 0 Å². The highest BCUT2D eigenvalue weighted by molar-refractivity contribution is 6.28. The van der Waals surface area contributed by atoms with Crippen LogP contribution in [0.25, 0.3) is 0 Å². The molecule has 0 unspecified atom stereocenters. The second-order valence-electron chi connectivity index (χ2n) is 6.19. The molecule has 22 heavy (non-hydrogen) atoms. The Bertz CT molecular complexity index is 542. The maximum atomic E-state index is 13.0. The summed E-state index contributed by atoms with van der Waals surface area (Å²) in [5, 5.41) is 0. The van der Waals surface area contributed by atoms with E-state index in [1.807, 2.05) is 20.8 Å². The van der Waals surface area contributed by atoms with Gasteiger partial charge in [0.15, 0.2) is 5.41 Å². The van der Waals surface area contributed by atoms with E-state index in [1.165, 1.54) is 21.3 Å². The van der Waals surface area contributed by atoms with Gasteiger partial charge in [-0.25, -0.2) is 0 Å². The van der Waals surface area contributed by atoms with Gasteiger partial charge in [-0.2, -0.15) is 0 Å². The molecule has 0 fully saturated rings. The largest absolute Gasteiger partial charge is 0.500 e. The van der Waals surface area contributed by atoms with Crippen LogP contribution in [0.1, 0.15) is 33.6 Å². The lowest BCUT2D eigenvalue weighted by Gasteiger charge is -2.40. The summed E-state index contributed by atoms with van der Waals surface area (Å²) >= 11 is 0. The second-order valence-corrected chi connectivity index (χ2v) is 6.19. The molecule has 0 saturated carbocycles. The second kappa shape index (κ2) is 5.78. The van der Waals surface area contributed by atoms with Crippen molar-refractivity contribution in [3.8, 4) is 0 Å². The molecule has 2 aliphatic carbocycles. The van der Waals surface area contributed by atoms with E-state index < -0.39 is 5.41 Å². The summed E-state index contributed by atoms with van der Waals surface area (Å²) in [7, 11) is 4.28. The van der Waals surface area contributed by atoms with Crippen LogP contribution in [0.3, 0.4) is 0 Å². The molecule has 0 amide bonds. The number of carbonyl (C=O) groups is 2. The Balaban J connectivity index is 2.73. The van der Waals surface area contributed by atoms with Crippen molar-refractivity contribution in [3.63, 3.8) is 0 Å². The van der Waals surface area contributed by atoms with Gasteiger partial charge in [-0.1, -0.05) is 20.8 Å². The molecule has 0 heterocycles. The molecule has 1 atom stereocenters. The molecular formula is C17H24O5. The quantitative estimate of drug-likeness (QED) is 0.747. The first kappa shape index (κ1) is 16.6. The van der Waals surface area contributed by atoms with Crippen LogP contribution >= 0.6 is 0 Å². The Hall–Kier alpha value is -1.78. The molecule has 0 N–H and O–H groups in total. The number of hydrogen-bond donors (Lipinski definition) is 0. The number of carbonyl (C=O) groups excluding carboxylic acids is 2. The van der Waals surface area contributed by atoms with Gasteiger partial charge in [0.1, 0.15) is 5.76 Å². The maximum Gasteiger partial charge on any atom is 0.223 e. The summed E-state index contributed by atoms with van der Waals surface area (Å²) in [5.74, 6) is -0.172. The van der Waals surface area contributed by atoms with Gasteiger partial charge in [0.25, 0.3) is 0 Å². The van der Waals surface area contributed by atoms with E-state index in [9.17, 15) is 9.59 Å². The predicted octanol–water partition coefficient (Wildman–Crippen LogP) is 2.62. The lowest BCUT2D eigenvalue weighted by Crippen LogP contribution is -2.47. The van der Waals surface area contributed by atoms with E-state index in [0.29, 0.717) is 5.76 Å². The van der Waals surface area contributed by atoms with Gasteiger partial charge in [-0.15, -0.1) is 0 Å². The highest BCUT2D eigenvalue weighted by atomic mass is 16.5. The fourth-order valence-corrected chi connectivity index (χ4v) is 3.71. The molecule has 0 saturated heterocycles. The first-order chi connectivity index (χ1) is 10.4. The molecular weight excluding hydrogens is 284 g/mol. The third-order valence-electron chi connectivity index (χ3n) is 4.88. The molecule has 5 heteroatoms. The number of Topliss-reactive ketones (excluding diaryl/α,β-unsaturated/α-hetero) is 2. The average Bonchev–Trinajstić information content (AvgIpc) is 2.70. The van der Waals surface area contributed by atoms with Crippen molar-refractivity contribution in [2.45, 2.75) is 33.6 Å². The molecule has 0 radical (unpaired) electrons. The monoisotopic (exact) mass is 308 g/mol. The third kappa shape index (κ3) is 1.91. The molecule has 5 nitrogen and oxygen atoms in total. The Morgan fingerprint density at radius 2 is 1.50 bits per heavy atom. The van der Waals surface area contributed by atoms with Crippen molar-refractivity contribution in [1.29, 1.82) is 0 Å². The number of hydrogen-bond acceptors (Lipinski definition) is 5. The average molecular weight is 308 g/mol. The third-order valence-corrected chi connectivity index (χ3v) is 4.88. The zero-order valence-electron chi connectivity index (χ0n) is 14.1. The number of allylic oxidation sites excluding steroid dienone is 4. The van der Waals surface area contributed by atoms with Crippen molar-refractivity contribution < 1.29 is 23.8 Å². The van der Waals surface area contributed by atoms with Gasteiger partial charge in [0, 0.05) is 0 Å². The highest BCUT2D eigenvalue weighted by Gasteiger charge is 2.64. The molecule has 0 aromatic rings. The summed E-state index contributed by atoms with van der Waals surface area (Å²) in [6.07, 6.45) is 1.58. The van der Waals surface area contributed by atoms with Crippen molar-refractivity contribution in [1.82, 2.24) is 0 Å². The van der Waals surface area contributed by atoms with Crippen LogP contribution in [-0.4, -0.2) is 32.9 Å². The van der Waals surface area contributed by atoms with Gasteiger partial charge in [-0.3, -0.25) is 9.59 Å². The Kier molecular flexibility index (Phi) is 4.36. The summed E-state index contributed by atoms with van der Waals surface area (Å²) in [5.41, 5.74) is -0.307. The fourth-order valence-electron chi connectivity index (χ4n) is 3.71. The fraction of sp³-hybridized carbons (Fsp3) is 0.647. The highest BCUT2D eigenvalue weighted by Crippen LogP contribution is 2.54. The molecule has 0 aliphatic heterocycles. The van der Waals surface area contributed by atoms with Crippen molar-refractivity contribution in [2.24, 2.45) is 17.3 Å². The molecule has 122 valence electrons. The number of rotatable bonds is 4. The van der Waals surface area contributed by atoms with E-state index in [-0.39, 0.29) is 34.9 Å². The van der Waals surface area contributed by atoms with E-state index in [2.05, 4.69) is 0 Å². The van der Waals surface area contributed by atoms with Crippen LogP contribution in [0.2, 0.25) is 0 Å². The van der Waals surface area contributed by atoms with Crippen LogP contribution in [0.15, 0.2) is 22.9 Å². The number of ketones is 2. The van der Waals surface area contributed by atoms with Gasteiger partial charge in [0.05, 0.1) is 21.3 Å². The summed E-state index contributed by atoms with van der Waals surface area (Å²) in [6.45, 7) is 6.01. The molecule has 1 spiro atoms. The topological polar surface area (TPSA) is 61.8 Å². The van der Waals surface area contributed by atoms with Crippen molar-refractivity contribution in [2.75, 3.05) is 21.3 Å². The van der Waals surface area contributed by atoms with Gasteiger partial charge in [0.2, 0.25) is 23.1 Å². The zero-order valence-corrected chi connectivity index (χ0v) is 14.1. The minimum Gasteiger partial charge on any atom is -0.500 e. The predicted molar refractivity (Wildman–Crippen MR) is 80.8 cm³/mol. The van der Waals surface area contributed by atoms with Crippen LogP contribution in [0.5, 0.6) is 0 Å². The lowest BCUT2D eigenvalue weighted by atomic mass is 9.63. The minimum absolute atomic E-state index is 0.00101. The van der Waals surface area contributed by atoms with Gasteiger partial charge < -0.3 is 14.2 Å². The van der Waals surface area contributed by atoms with E-state index in [1.54, 1.807) is 0 Å². The smallest absolute Gasteiger partial charge is 0.223 e. The lowest BCUT2D eigenvalue weighted by molar-refractivity contribution is -0.140. The summed E-state index contributed by atoms with van der Waals surface area (Å²) in [6, 6.07) is 0. The molecule has 2 rings (SSSR count). The van der Waals surface area contributed by atoms with E-state index >= 15 is 0 Å². The normalized spacial score (nSPS) is 24.6. The Morgan fingerprint density at radius 1 is 1.00 bits per heavy atom. The molecule has 0 aromatic heterocycles. The molecule has 0 aromatic carbocycles. The Labute approximate surface area is 131 Å². The summed E-state index contributed by atoms with van der Waals surface area (Å²) < 4.78 is 15.9.